The van der Waals surface area contributed by atoms with E-state index in [9.17, 15) is 13.2 Å². The number of morpholine rings is 1. The Labute approximate surface area is 228 Å². The molecule has 3 N–H and O–H groups in total. The quantitative estimate of drug-likeness (QED) is 0.293. The lowest BCUT2D eigenvalue weighted by Crippen LogP contribution is -2.45. The molecular weight excluding hydrogens is 516 g/mol. The summed E-state index contributed by atoms with van der Waals surface area (Å²) >= 11 is 0. The molecule has 0 radical (unpaired) electrons. The van der Waals surface area contributed by atoms with E-state index >= 15 is 0 Å². The number of nitrogens with zero attached hydrogens (tertiary/aromatic N) is 1. The Morgan fingerprint density at radius 1 is 1.08 bits per heavy atom. The number of H-pyrrole nitrogens is 1. The number of rotatable bonds is 9. The maximum Gasteiger partial charge on any atom is 0.243 e. The molecule has 0 bridgehead atoms. The summed E-state index contributed by atoms with van der Waals surface area (Å²) in [6.45, 7) is 4.72. The van der Waals surface area contributed by atoms with Crippen LogP contribution < -0.4 is 19.7 Å². The molecule has 3 aromatic carbocycles. The van der Waals surface area contributed by atoms with Crippen molar-refractivity contribution in [1.82, 2.24) is 9.71 Å². The number of aromatic nitrogens is 1. The van der Waals surface area contributed by atoms with Crippen LogP contribution in [0, 0.1) is 6.92 Å². The second kappa shape index (κ2) is 11.5. The molecule has 2 heterocycles. The van der Waals surface area contributed by atoms with Gasteiger partial charge < -0.3 is 24.7 Å². The first-order valence-electron chi connectivity index (χ1n) is 12.8. The topological polar surface area (TPSA) is 113 Å². The number of nitrogens with one attached hydrogen (secondary N) is 3. The van der Waals surface area contributed by atoms with Crippen molar-refractivity contribution >= 4 is 38.2 Å². The van der Waals surface area contributed by atoms with Gasteiger partial charge in [-0.3, -0.25) is 4.79 Å². The van der Waals surface area contributed by atoms with Crippen LogP contribution in [-0.2, 0) is 26.0 Å². The molecule has 1 aliphatic heterocycles. The molecule has 0 saturated carbocycles. The average molecular weight is 549 g/mol. The van der Waals surface area contributed by atoms with Gasteiger partial charge >= 0.3 is 0 Å². The lowest BCUT2D eigenvalue weighted by molar-refractivity contribution is -0.117. The molecule has 1 amide bonds. The van der Waals surface area contributed by atoms with E-state index in [2.05, 4.69) is 19.9 Å². The number of fused-ring (bicyclic) bond motifs is 1. The number of methoxy groups -OCH3 is 1. The van der Waals surface area contributed by atoms with Crippen LogP contribution in [0.4, 0.5) is 11.4 Å². The third-order valence-electron chi connectivity index (χ3n) is 6.86. The zero-order chi connectivity index (χ0) is 27.4. The predicted molar refractivity (Wildman–Crippen MR) is 152 cm³/mol. The molecule has 10 heteroatoms. The smallest absolute Gasteiger partial charge is 0.243 e. The van der Waals surface area contributed by atoms with Crippen LogP contribution in [0.15, 0.2) is 77.8 Å². The third kappa shape index (κ3) is 6.08. The maximum atomic E-state index is 13.7. The van der Waals surface area contributed by atoms with Gasteiger partial charge in [-0.1, -0.05) is 35.9 Å². The second-order valence-electron chi connectivity index (χ2n) is 9.52. The number of aromatic amines is 1. The van der Waals surface area contributed by atoms with Gasteiger partial charge in [0, 0.05) is 41.9 Å². The largest absolute Gasteiger partial charge is 0.494 e. The molecule has 4 aromatic rings. The highest BCUT2D eigenvalue weighted by Gasteiger charge is 2.28. The Kier molecular flexibility index (Phi) is 7.87. The Hall–Kier alpha value is -3.86. The van der Waals surface area contributed by atoms with E-state index in [0.29, 0.717) is 24.7 Å². The molecule has 1 unspecified atom stereocenters. The number of carbonyl (C=O) groups excluding carboxylic acids is 1. The van der Waals surface area contributed by atoms with Crippen molar-refractivity contribution < 1.29 is 22.7 Å². The van der Waals surface area contributed by atoms with Crippen LogP contribution >= 0.6 is 0 Å². The molecule has 1 fully saturated rings. The van der Waals surface area contributed by atoms with E-state index in [-0.39, 0.29) is 11.3 Å². The van der Waals surface area contributed by atoms with Gasteiger partial charge in [0.2, 0.25) is 15.9 Å². The van der Waals surface area contributed by atoms with Crippen molar-refractivity contribution in [1.29, 1.82) is 0 Å². The zero-order valence-corrected chi connectivity index (χ0v) is 22.8. The number of amides is 1. The number of aryl methyl sites for hydroxylation is 1. The van der Waals surface area contributed by atoms with E-state index < -0.39 is 22.0 Å². The summed E-state index contributed by atoms with van der Waals surface area (Å²) in [6, 6.07) is 18.7. The summed E-state index contributed by atoms with van der Waals surface area (Å²) in [4.78, 5) is 19.1. The van der Waals surface area contributed by atoms with Crippen molar-refractivity contribution in [2.45, 2.75) is 24.3 Å². The van der Waals surface area contributed by atoms with Crippen LogP contribution in [0.1, 0.15) is 11.1 Å². The van der Waals surface area contributed by atoms with Crippen molar-refractivity contribution in [2.24, 2.45) is 0 Å². The zero-order valence-electron chi connectivity index (χ0n) is 21.9. The number of ether oxygens (including phenoxy) is 2. The first-order valence-corrected chi connectivity index (χ1v) is 14.3. The molecule has 9 nitrogen and oxygen atoms in total. The highest BCUT2D eigenvalue weighted by atomic mass is 32.2. The van der Waals surface area contributed by atoms with Crippen LogP contribution in [0.3, 0.4) is 0 Å². The molecular formula is C29H32N4O5S. The van der Waals surface area contributed by atoms with Crippen LogP contribution in [0.2, 0.25) is 0 Å². The van der Waals surface area contributed by atoms with Gasteiger partial charge in [0.25, 0.3) is 0 Å². The number of hydrogen-bond donors (Lipinski definition) is 3. The van der Waals surface area contributed by atoms with E-state index in [1.54, 1.807) is 18.2 Å². The number of benzene rings is 3. The molecule has 1 atom stereocenters. The monoisotopic (exact) mass is 548 g/mol. The fourth-order valence-corrected chi connectivity index (χ4v) is 5.90. The normalized spacial score (nSPS) is 14.8. The van der Waals surface area contributed by atoms with Crippen LogP contribution in [-0.4, -0.2) is 58.8 Å². The lowest BCUT2D eigenvalue weighted by Gasteiger charge is -2.29. The maximum absolute atomic E-state index is 13.7. The van der Waals surface area contributed by atoms with E-state index in [4.69, 9.17) is 9.47 Å². The number of sulfonamides is 1. The average Bonchev–Trinajstić information content (AvgIpc) is 3.36. The van der Waals surface area contributed by atoms with E-state index in [1.165, 1.54) is 19.2 Å². The van der Waals surface area contributed by atoms with Crippen molar-refractivity contribution in [3.63, 3.8) is 0 Å². The van der Waals surface area contributed by atoms with Crippen molar-refractivity contribution in [3.05, 3.63) is 84.1 Å². The highest BCUT2D eigenvalue weighted by molar-refractivity contribution is 7.89. The fourth-order valence-electron chi connectivity index (χ4n) is 4.70. The van der Waals surface area contributed by atoms with Gasteiger partial charge in [-0.2, -0.15) is 4.72 Å². The Morgan fingerprint density at radius 2 is 1.82 bits per heavy atom. The highest BCUT2D eigenvalue weighted by Crippen LogP contribution is 2.31. The fraction of sp³-hybridized carbons (Fsp3) is 0.276. The summed E-state index contributed by atoms with van der Waals surface area (Å²) in [5.74, 6) is -0.00651. The van der Waals surface area contributed by atoms with Gasteiger partial charge in [0.1, 0.15) is 11.8 Å². The van der Waals surface area contributed by atoms with Gasteiger partial charge in [-0.05, 0) is 49.2 Å². The third-order valence-corrected chi connectivity index (χ3v) is 8.35. The predicted octanol–water partition coefficient (Wildman–Crippen LogP) is 3.85. The Balaban J connectivity index is 1.43. The lowest BCUT2D eigenvalue weighted by atomic mass is 10.0. The SMILES string of the molecule is COc1cc(N2CCOCC2)ccc1NC(=O)C(Cc1c[nH]c2ccccc12)NS(=O)(=O)c1ccc(C)cc1. The number of para-hydroxylation sites is 1. The molecule has 5 rings (SSSR count). The Morgan fingerprint density at radius 3 is 2.56 bits per heavy atom. The van der Waals surface area contributed by atoms with Gasteiger partial charge in [-0.25, -0.2) is 8.42 Å². The summed E-state index contributed by atoms with van der Waals surface area (Å²) < 4.78 is 40.3. The summed E-state index contributed by atoms with van der Waals surface area (Å²) in [5.41, 5.74) is 4.09. The van der Waals surface area contributed by atoms with E-state index in [0.717, 1.165) is 40.8 Å². The molecule has 204 valence electrons. The Bertz CT molecular complexity index is 1560. The van der Waals surface area contributed by atoms with Gasteiger partial charge in [0.15, 0.2) is 0 Å². The number of anilines is 2. The molecule has 1 aliphatic rings. The summed E-state index contributed by atoms with van der Waals surface area (Å²) in [5, 5.41) is 3.82. The molecule has 0 aliphatic carbocycles. The first-order chi connectivity index (χ1) is 18.8. The van der Waals surface area contributed by atoms with Gasteiger partial charge in [-0.15, -0.1) is 0 Å². The summed E-state index contributed by atoms with van der Waals surface area (Å²) in [7, 11) is -2.44. The van der Waals surface area contributed by atoms with Crippen molar-refractivity contribution in [3.8, 4) is 5.75 Å². The molecule has 1 aromatic heterocycles. The number of carbonyl (C=O) groups is 1. The molecule has 1 saturated heterocycles. The standard InChI is InChI=1S/C29H32N4O5S/c1-20-7-10-23(11-8-20)39(35,36)32-27(17-21-19-30-25-6-4-3-5-24(21)25)29(34)31-26-12-9-22(18-28(26)37-2)33-13-15-38-16-14-33/h3-12,18-19,27,30,32H,13-17H2,1-2H3,(H,31,34). The summed E-state index contributed by atoms with van der Waals surface area (Å²) in [6.07, 6.45) is 1.96. The van der Waals surface area contributed by atoms with E-state index in [1.807, 2.05) is 49.5 Å². The first kappa shape index (κ1) is 26.7. The molecule has 39 heavy (non-hydrogen) atoms. The minimum Gasteiger partial charge on any atom is -0.494 e. The minimum absolute atomic E-state index is 0.0947. The number of hydrogen-bond acceptors (Lipinski definition) is 6. The second-order valence-corrected chi connectivity index (χ2v) is 11.2. The minimum atomic E-state index is -3.98. The molecule has 0 spiro atoms. The van der Waals surface area contributed by atoms with Crippen molar-refractivity contribution in [2.75, 3.05) is 43.6 Å². The van der Waals surface area contributed by atoms with Gasteiger partial charge in [0.05, 0.1) is 30.9 Å². The van der Waals surface area contributed by atoms with Crippen LogP contribution in [0.5, 0.6) is 5.75 Å². The van der Waals surface area contributed by atoms with Crippen LogP contribution in [0.25, 0.3) is 10.9 Å².